The highest BCUT2D eigenvalue weighted by Crippen LogP contribution is 2.63. The van der Waals surface area contributed by atoms with Gasteiger partial charge in [-0.2, -0.15) is 5.26 Å². The fraction of sp³-hybridized carbons (Fsp3) is 0.619. The van der Waals surface area contributed by atoms with E-state index in [2.05, 4.69) is 0 Å². The number of rotatable bonds is 6. The topological polar surface area (TPSA) is 62.6 Å². The summed E-state index contributed by atoms with van der Waals surface area (Å²) < 4.78 is 39.2. The molecule has 1 aromatic rings. The molecular formula is C21H26F2N2O3. The van der Waals surface area contributed by atoms with Crippen molar-refractivity contribution in [2.45, 2.75) is 57.1 Å². The molecule has 2 fully saturated rings. The maximum Gasteiger partial charge on any atom is 0.410 e. The molecule has 0 N–H and O–H groups in total. The highest BCUT2D eigenvalue weighted by Gasteiger charge is 2.67. The number of fused-ring (bicyclic) bond motifs is 1. The quantitative estimate of drug-likeness (QED) is 0.682. The standard InChI is InChI=1S/C21H26F2N2O3/c1-20(2,3)28-19(26)25-13-21(15-11-14(22)5-6-17(15)23)12-16(21)18(25)7-10-27-9-4-8-24/h5-6,11,16,18H,4,7,9-10,12-13H2,1-3H3/t16-,18?,21+/m0/s1. The molecule has 28 heavy (non-hydrogen) atoms. The highest BCUT2D eigenvalue weighted by molar-refractivity contribution is 5.70. The number of hydrogen-bond donors (Lipinski definition) is 0. The number of likely N-dealkylation sites (tertiary alicyclic amines) is 1. The molecule has 1 saturated heterocycles. The predicted molar refractivity (Wildman–Crippen MR) is 98.5 cm³/mol. The van der Waals surface area contributed by atoms with Gasteiger partial charge < -0.3 is 14.4 Å². The molecule has 0 radical (unpaired) electrons. The predicted octanol–water partition coefficient (Wildman–Crippen LogP) is 4.16. The summed E-state index contributed by atoms with van der Waals surface area (Å²) in [5.74, 6) is -0.890. The molecule has 1 aliphatic carbocycles. The molecular weight excluding hydrogens is 366 g/mol. The van der Waals surface area contributed by atoms with Gasteiger partial charge in [0.25, 0.3) is 0 Å². The highest BCUT2D eigenvalue weighted by atomic mass is 19.1. The van der Waals surface area contributed by atoms with Crippen LogP contribution in [0.4, 0.5) is 13.6 Å². The molecule has 1 unspecified atom stereocenters. The molecule has 0 bridgehead atoms. The van der Waals surface area contributed by atoms with Crippen LogP contribution in [0.3, 0.4) is 0 Å². The summed E-state index contributed by atoms with van der Waals surface area (Å²) in [7, 11) is 0. The van der Waals surface area contributed by atoms with E-state index in [1.165, 1.54) is 6.07 Å². The third-order valence-corrected chi connectivity index (χ3v) is 5.46. The van der Waals surface area contributed by atoms with Gasteiger partial charge in [-0.1, -0.05) is 0 Å². The first kappa shape index (κ1) is 20.5. The third kappa shape index (κ3) is 4.12. The van der Waals surface area contributed by atoms with Gasteiger partial charge in [-0.3, -0.25) is 0 Å². The van der Waals surface area contributed by atoms with Crippen LogP contribution >= 0.6 is 0 Å². The van der Waals surface area contributed by atoms with Crippen LogP contribution in [0.2, 0.25) is 0 Å². The Morgan fingerprint density at radius 3 is 2.79 bits per heavy atom. The molecule has 2 aliphatic rings. The van der Waals surface area contributed by atoms with Gasteiger partial charge in [0, 0.05) is 24.6 Å². The van der Waals surface area contributed by atoms with Crippen LogP contribution in [0.25, 0.3) is 0 Å². The van der Waals surface area contributed by atoms with E-state index in [4.69, 9.17) is 14.7 Å². The number of piperidine rings is 1. The van der Waals surface area contributed by atoms with Gasteiger partial charge in [-0.05, 0) is 63.3 Å². The van der Waals surface area contributed by atoms with E-state index >= 15 is 0 Å². The van der Waals surface area contributed by atoms with Crippen molar-refractivity contribution in [1.82, 2.24) is 4.90 Å². The van der Waals surface area contributed by atoms with Gasteiger partial charge in [-0.25, -0.2) is 13.6 Å². The first-order chi connectivity index (χ1) is 13.2. The lowest BCUT2D eigenvalue weighted by Gasteiger charge is -2.31. The Bertz CT molecular complexity index is 787. The molecule has 152 valence electrons. The van der Waals surface area contributed by atoms with Gasteiger partial charge in [0.05, 0.1) is 19.1 Å². The van der Waals surface area contributed by atoms with Crippen molar-refractivity contribution in [2.75, 3.05) is 19.8 Å². The summed E-state index contributed by atoms with van der Waals surface area (Å²) in [6, 6.07) is 5.34. The van der Waals surface area contributed by atoms with Crippen LogP contribution in [0.1, 0.15) is 45.6 Å². The van der Waals surface area contributed by atoms with E-state index < -0.39 is 28.7 Å². The number of benzene rings is 1. The molecule has 1 saturated carbocycles. The van der Waals surface area contributed by atoms with Gasteiger partial charge in [0.2, 0.25) is 0 Å². The molecule has 0 aromatic heterocycles. The van der Waals surface area contributed by atoms with Crippen LogP contribution in [0.15, 0.2) is 18.2 Å². The second-order valence-electron chi connectivity index (χ2n) is 8.58. The Kier molecular flexibility index (Phi) is 5.62. The van der Waals surface area contributed by atoms with Gasteiger partial charge in [0.15, 0.2) is 0 Å². The Balaban J connectivity index is 1.79. The maximum atomic E-state index is 14.5. The summed E-state index contributed by atoms with van der Waals surface area (Å²) >= 11 is 0. The summed E-state index contributed by atoms with van der Waals surface area (Å²) in [5, 5.41) is 8.59. The van der Waals surface area contributed by atoms with Crippen LogP contribution < -0.4 is 0 Å². The minimum Gasteiger partial charge on any atom is -0.444 e. The zero-order valence-electron chi connectivity index (χ0n) is 16.5. The minimum atomic E-state index is -0.644. The number of hydrogen-bond acceptors (Lipinski definition) is 4. The van der Waals surface area contributed by atoms with Crippen molar-refractivity contribution >= 4 is 6.09 Å². The minimum absolute atomic E-state index is 0.0379. The average molecular weight is 392 g/mol. The van der Waals surface area contributed by atoms with Crippen molar-refractivity contribution in [3.05, 3.63) is 35.4 Å². The monoisotopic (exact) mass is 392 g/mol. The van der Waals surface area contributed by atoms with E-state index in [0.717, 1.165) is 12.1 Å². The fourth-order valence-electron chi connectivity index (χ4n) is 4.23. The van der Waals surface area contributed by atoms with Gasteiger partial charge in [0.1, 0.15) is 17.2 Å². The lowest BCUT2D eigenvalue weighted by Crippen LogP contribution is -2.43. The summed E-state index contributed by atoms with van der Waals surface area (Å²) in [4.78, 5) is 14.4. The van der Waals surface area contributed by atoms with Crippen molar-refractivity contribution in [2.24, 2.45) is 5.92 Å². The number of carbonyl (C=O) groups excluding carboxylic acids is 1. The number of carbonyl (C=O) groups is 1. The van der Waals surface area contributed by atoms with Crippen molar-refractivity contribution < 1.29 is 23.0 Å². The Labute approximate surface area is 164 Å². The Morgan fingerprint density at radius 2 is 2.11 bits per heavy atom. The summed E-state index contributed by atoms with van der Waals surface area (Å²) in [6.45, 7) is 6.42. The number of nitrogens with zero attached hydrogens (tertiary/aromatic N) is 2. The molecule has 1 amide bonds. The molecule has 7 heteroatoms. The smallest absolute Gasteiger partial charge is 0.410 e. The second-order valence-corrected chi connectivity index (χ2v) is 8.58. The number of nitriles is 1. The van der Waals surface area contributed by atoms with Gasteiger partial charge >= 0.3 is 6.09 Å². The first-order valence-electron chi connectivity index (χ1n) is 9.58. The lowest BCUT2D eigenvalue weighted by molar-refractivity contribution is 0.0150. The Hall–Kier alpha value is -2.20. The van der Waals surface area contributed by atoms with Crippen molar-refractivity contribution in [1.29, 1.82) is 5.26 Å². The normalized spacial score (nSPS) is 25.9. The molecule has 3 rings (SSSR count). The molecule has 3 atom stereocenters. The zero-order valence-corrected chi connectivity index (χ0v) is 16.5. The fourth-order valence-corrected chi connectivity index (χ4v) is 4.23. The zero-order chi connectivity index (χ0) is 20.5. The number of halogens is 2. The summed E-state index contributed by atoms with van der Waals surface area (Å²) in [6.07, 6.45) is 1.13. The number of amides is 1. The third-order valence-electron chi connectivity index (χ3n) is 5.46. The van der Waals surface area contributed by atoms with E-state index in [0.29, 0.717) is 44.6 Å². The molecule has 0 spiro atoms. The average Bonchev–Trinajstić information content (AvgIpc) is 3.24. The van der Waals surface area contributed by atoms with Gasteiger partial charge in [-0.15, -0.1) is 0 Å². The molecule has 1 aromatic carbocycles. The van der Waals surface area contributed by atoms with E-state index in [1.54, 1.807) is 25.7 Å². The largest absolute Gasteiger partial charge is 0.444 e. The van der Waals surface area contributed by atoms with E-state index in [-0.39, 0.29) is 12.0 Å². The summed E-state index contributed by atoms with van der Waals surface area (Å²) in [5.41, 5.74) is -0.881. The molecule has 5 nitrogen and oxygen atoms in total. The van der Waals surface area contributed by atoms with Crippen LogP contribution in [-0.2, 0) is 14.9 Å². The van der Waals surface area contributed by atoms with Crippen LogP contribution in [0.5, 0.6) is 0 Å². The Morgan fingerprint density at radius 1 is 1.36 bits per heavy atom. The lowest BCUT2D eigenvalue weighted by atomic mass is 9.93. The van der Waals surface area contributed by atoms with E-state index in [9.17, 15) is 13.6 Å². The molecule has 1 heterocycles. The van der Waals surface area contributed by atoms with Crippen molar-refractivity contribution in [3.8, 4) is 6.07 Å². The molecule has 1 aliphatic heterocycles. The SMILES string of the molecule is CC(C)(C)OC(=O)N1C[C@@]2(c3cc(F)ccc3F)C[C@H]2C1CCOCCC#N. The second kappa shape index (κ2) is 7.67. The van der Waals surface area contributed by atoms with Crippen LogP contribution in [0, 0.1) is 28.9 Å². The first-order valence-corrected chi connectivity index (χ1v) is 9.58. The number of ether oxygens (including phenoxy) is 2. The maximum absolute atomic E-state index is 14.5. The van der Waals surface area contributed by atoms with Crippen LogP contribution in [-0.4, -0.2) is 42.4 Å². The van der Waals surface area contributed by atoms with E-state index in [1.807, 2.05) is 6.07 Å². The van der Waals surface area contributed by atoms with Crippen molar-refractivity contribution in [3.63, 3.8) is 0 Å².